The smallest absolute Gasteiger partial charge is 0.262 e. The lowest BCUT2D eigenvalue weighted by molar-refractivity contribution is -0.126. The molecular weight excluding hydrogens is 434 g/mol. The fourth-order valence-electron chi connectivity index (χ4n) is 4.09. The molecule has 0 spiro atoms. The average molecular weight is 462 g/mol. The second kappa shape index (κ2) is 9.67. The number of hydrogen-bond acceptors (Lipinski definition) is 5. The number of thiazole rings is 1. The predicted octanol–water partition coefficient (Wildman–Crippen LogP) is 4.49. The van der Waals surface area contributed by atoms with Crippen molar-refractivity contribution in [3.63, 3.8) is 0 Å². The number of nitrogens with one attached hydrogen (secondary N) is 1. The fraction of sp³-hybridized carbons (Fsp3) is 0.308. The Morgan fingerprint density at radius 3 is 2.24 bits per heavy atom. The first kappa shape index (κ1) is 22.9. The summed E-state index contributed by atoms with van der Waals surface area (Å²) in [5.41, 5.74) is 3.84. The van der Waals surface area contributed by atoms with Gasteiger partial charge < -0.3 is 5.32 Å². The monoisotopic (exact) mass is 461 g/mol. The molecule has 0 fully saturated rings. The fourth-order valence-corrected chi connectivity index (χ4v) is 4.71. The third kappa shape index (κ3) is 4.59. The Bertz CT molecular complexity index is 1150. The molecule has 6 nitrogen and oxygen atoms in total. The lowest BCUT2D eigenvalue weighted by Gasteiger charge is -2.29. The zero-order valence-electron chi connectivity index (χ0n) is 19.0. The molecular formula is C26H27N3O3S. The van der Waals surface area contributed by atoms with Crippen molar-refractivity contribution in [3.8, 4) is 11.3 Å². The Morgan fingerprint density at radius 1 is 1.06 bits per heavy atom. The summed E-state index contributed by atoms with van der Waals surface area (Å²) in [6.45, 7) is 6.26. The van der Waals surface area contributed by atoms with Crippen molar-refractivity contribution in [2.24, 2.45) is 5.92 Å². The van der Waals surface area contributed by atoms with Crippen molar-refractivity contribution >= 4 is 29.1 Å². The van der Waals surface area contributed by atoms with Crippen LogP contribution in [0.4, 0.5) is 0 Å². The third-order valence-electron chi connectivity index (χ3n) is 6.14. The van der Waals surface area contributed by atoms with Crippen LogP contribution < -0.4 is 5.32 Å². The van der Waals surface area contributed by atoms with Crippen LogP contribution in [0.3, 0.4) is 0 Å². The van der Waals surface area contributed by atoms with Gasteiger partial charge in [-0.15, -0.1) is 11.3 Å². The maximum atomic E-state index is 13.1. The average Bonchev–Trinajstić information content (AvgIpc) is 3.37. The minimum atomic E-state index is -0.835. The van der Waals surface area contributed by atoms with Crippen LogP contribution in [-0.4, -0.2) is 40.2 Å². The molecule has 170 valence electrons. The van der Waals surface area contributed by atoms with Crippen molar-refractivity contribution < 1.29 is 14.4 Å². The third-order valence-corrected chi connectivity index (χ3v) is 6.91. The van der Waals surface area contributed by atoms with Crippen molar-refractivity contribution in [2.45, 2.75) is 39.7 Å². The Labute approximate surface area is 197 Å². The van der Waals surface area contributed by atoms with E-state index in [0.29, 0.717) is 30.5 Å². The van der Waals surface area contributed by atoms with Gasteiger partial charge in [-0.3, -0.25) is 19.3 Å². The highest BCUT2D eigenvalue weighted by Crippen LogP contribution is 2.28. The van der Waals surface area contributed by atoms with E-state index in [1.165, 1.54) is 0 Å². The number of amides is 3. The number of aromatic nitrogens is 1. The van der Waals surface area contributed by atoms with Gasteiger partial charge in [0.15, 0.2) is 0 Å². The van der Waals surface area contributed by atoms with E-state index in [1.54, 1.807) is 35.6 Å². The normalized spacial score (nSPS) is 14.8. The highest BCUT2D eigenvalue weighted by Gasteiger charge is 2.44. The Hall–Kier alpha value is -3.32. The summed E-state index contributed by atoms with van der Waals surface area (Å²) in [6.07, 6.45) is 1.32. The number of carbonyl (C=O) groups excluding carboxylic acids is 3. The number of fused-ring (bicyclic) bond motifs is 1. The standard InChI is InChI=1S/C26H27N3O3S/c1-4-16(2)23(29-25(31)20-7-5-6-8-21(20)26(29)32)24(30)27-14-13-18-9-11-19(12-10-18)22-15-33-17(3)28-22/h5-12,15-16,23H,4,13-14H2,1-3H3,(H,27,30). The molecule has 1 aliphatic heterocycles. The van der Waals surface area contributed by atoms with Gasteiger partial charge >= 0.3 is 0 Å². The summed E-state index contributed by atoms with van der Waals surface area (Å²) >= 11 is 1.62. The molecule has 0 saturated heterocycles. The molecule has 3 aromatic rings. The minimum Gasteiger partial charge on any atom is -0.354 e. The molecule has 0 bridgehead atoms. The van der Waals surface area contributed by atoms with Crippen molar-refractivity contribution in [2.75, 3.05) is 6.54 Å². The number of hydrogen-bond donors (Lipinski definition) is 1. The number of benzene rings is 2. The van der Waals surface area contributed by atoms with Crippen LogP contribution in [0, 0.1) is 12.8 Å². The molecule has 1 N–H and O–H groups in total. The van der Waals surface area contributed by atoms with Gasteiger partial charge in [0.2, 0.25) is 5.91 Å². The van der Waals surface area contributed by atoms with E-state index >= 15 is 0 Å². The zero-order chi connectivity index (χ0) is 23.5. The topological polar surface area (TPSA) is 79.4 Å². The quantitative estimate of drug-likeness (QED) is 0.502. The molecule has 0 saturated carbocycles. The van der Waals surface area contributed by atoms with E-state index in [9.17, 15) is 14.4 Å². The van der Waals surface area contributed by atoms with E-state index < -0.39 is 17.9 Å². The Morgan fingerprint density at radius 2 is 1.70 bits per heavy atom. The maximum absolute atomic E-state index is 13.1. The van der Waals surface area contributed by atoms with Gasteiger partial charge in [-0.1, -0.05) is 56.7 Å². The molecule has 2 heterocycles. The van der Waals surface area contributed by atoms with Gasteiger partial charge in [0, 0.05) is 17.5 Å². The van der Waals surface area contributed by atoms with Crippen LogP contribution >= 0.6 is 11.3 Å². The van der Waals surface area contributed by atoms with E-state index in [4.69, 9.17) is 0 Å². The van der Waals surface area contributed by atoms with E-state index in [0.717, 1.165) is 26.7 Å². The molecule has 33 heavy (non-hydrogen) atoms. The van der Waals surface area contributed by atoms with E-state index in [2.05, 4.69) is 10.3 Å². The van der Waals surface area contributed by atoms with Crippen LogP contribution in [0.1, 0.15) is 51.6 Å². The minimum absolute atomic E-state index is 0.159. The summed E-state index contributed by atoms with van der Waals surface area (Å²) in [4.78, 5) is 44.7. The van der Waals surface area contributed by atoms with Crippen LogP contribution in [0.2, 0.25) is 0 Å². The largest absolute Gasteiger partial charge is 0.354 e. The zero-order valence-corrected chi connectivity index (χ0v) is 19.8. The first-order chi connectivity index (χ1) is 15.9. The summed E-state index contributed by atoms with van der Waals surface area (Å²) in [7, 11) is 0. The van der Waals surface area contributed by atoms with Crippen molar-refractivity contribution in [1.82, 2.24) is 15.2 Å². The molecule has 2 atom stereocenters. The molecule has 3 amide bonds. The lowest BCUT2D eigenvalue weighted by atomic mass is 9.96. The molecule has 0 aliphatic carbocycles. The van der Waals surface area contributed by atoms with Crippen LogP contribution in [0.5, 0.6) is 0 Å². The summed E-state index contributed by atoms with van der Waals surface area (Å²) in [5, 5.41) is 6.02. The van der Waals surface area contributed by atoms with Gasteiger partial charge in [0.05, 0.1) is 21.8 Å². The lowest BCUT2D eigenvalue weighted by Crippen LogP contribution is -2.53. The highest BCUT2D eigenvalue weighted by molar-refractivity contribution is 7.09. The molecule has 1 aromatic heterocycles. The van der Waals surface area contributed by atoms with Gasteiger partial charge in [0.1, 0.15) is 6.04 Å². The molecule has 2 unspecified atom stereocenters. The van der Waals surface area contributed by atoms with Crippen LogP contribution in [0.25, 0.3) is 11.3 Å². The highest BCUT2D eigenvalue weighted by atomic mass is 32.1. The summed E-state index contributed by atoms with van der Waals surface area (Å²) in [6, 6.07) is 14.0. The SMILES string of the molecule is CCC(C)C(C(=O)NCCc1ccc(-c2csc(C)n2)cc1)N1C(=O)c2ccccc2C1=O. The predicted molar refractivity (Wildman–Crippen MR) is 129 cm³/mol. The van der Waals surface area contributed by atoms with Gasteiger partial charge in [-0.05, 0) is 37.0 Å². The second-order valence-corrected chi connectivity index (χ2v) is 9.41. The summed E-state index contributed by atoms with van der Waals surface area (Å²) in [5.74, 6) is -1.26. The molecule has 4 rings (SSSR count). The number of rotatable bonds is 8. The number of imide groups is 1. The van der Waals surface area contributed by atoms with Crippen molar-refractivity contribution in [3.05, 3.63) is 75.6 Å². The number of carbonyl (C=O) groups is 3. The summed E-state index contributed by atoms with van der Waals surface area (Å²) < 4.78 is 0. The number of nitrogens with zero attached hydrogens (tertiary/aromatic N) is 2. The number of aryl methyl sites for hydroxylation is 1. The van der Waals surface area contributed by atoms with Gasteiger partial charge in [0.25, 0.3) is 11.8 Å². The molecule has 1 aliphatic rings. The Balaban J connectivity index is 1.41. The molecule has 0 radical (unpaired) electrons. The first-order valence-corrected chi connectivity index (χ1v) is 12.0. The van der Waals surface area contributed by atoms with Crippen LogP contribution in [-0.2, 0) is 11.2 Å². The van der Waals surface area contributed by atoms with E-state index in [-0.39, 0.29) is 11.8 Å². The Kier molecular flexibility index (Phi) is 6.70. The van der Waals surface area contributed by atoms with E-state index in [1.807, 2.05) is 50.4 Å². The van der Waals surface area contributed by atoms with Crippen molar-refractivity contribution in [1.29, 1.82) is 0 Å². The first-order valence-electron chi connectivity index (χ1n) is 11.2. The second-order valence-electron chi connectivity index (χ2n) is 8.35. The maximum Gasteiger partial charge on any atom is 0.262 e. The van der Waals surface area contributed by atoms with Crippen LogP contribution in [0.15, 0.2) is 53.9 Å². The molecule has 2 aromatic carbocycles. The molecule has 7 heteroatoms. The van der Waals surface area contributed by atoms with Gasteiger partial charge in [-0.25, -0.2) is 4.98 Å². The van der Waals surface area contributed by atoms with Gasteiger partial charge in [-0.2, -0.15) is 0 Å².